The fourth-order valence-corrected chi connectivity index (χ4v) is 2.89. The third kappa shape index (κ3) is 4.57. The summed E-state index contributed by atoms with van der Waals surface area (Å²) in [7, 11) is 0. The van der Waals surface area contributed by atoms with Crippen molar-refractivity contribution >= 4 is 56.6 Å². The molecule has 1 amide bonds. The summed E-state index contributed by atoms with van der Waals surface area (Å²) in [4.78, 5) is 26.9. The molecule has 0 aliphatic carbocycles. The van der Waals surface area contributed by atoms with Crippen LogP contribution >= 0.6 is 39.9 Å². The maximum Gasteiger partial charge on any atom is 0.282 e. The summed E-state index contributed by atoms with van der Waals surface area (Å²) in [6.45, 7) is 0. The number of rotatable bonds is 5. The van der Waals surface area contributed by atoms with Crippen LogP contribution in [0.1, 0.15) is 10.4 Å². The highest BCUT2D eigenvalue weighted by molar-refractivity contribution is 8.93. The van der Waals surface area contributed by atoms with Crippen LogP contribution < -0.4 is 10.9 Å². The second kappa shape index (κ2) is 8.75. The van der Waals surface area contributed by atoms with Gasteiger partial charge < -0.3 is 0 Å². The van der Waals surface area contributed by atoms with Gasteiger partial charge in [0.05, 0.1) is 10.6 Å². The Labute approximate surface area is 167 Å². The first-order chi connectivity index (χ1) is 12.0. The summed E-state index contributed by atoms with van der Waals surface area (Å²) in [5, 5.41) is 13.9. The minimum absolute atomic E-state index is 0. The van der Waals surface area contributed by atoms with Crippen molar-refractivity contribution in [1.29, 1.82) is 0 Å². The van der Waals surface area contributed by atoms with Crippen LogP contribution in [0.4, 0.5) is 10.8 Å². The molecule has 0 aliphatic rings. The fraction of sp³-hybridized carbons (Fsp3) is 0. The number of carbonyl (C=O) groups excluding carboxylic acids is 1. The van der Waals surface area contributed by atoms with Crippen LogP contribution in [0.3, 0.4) is 0 Å². The highest BCUT2D eigenvalue weighted by Crippen LogP contribution is 2.25. The summed E-state index contributed by atoms with van der Waals surface area (Å²) in [6, 6.07) is 12.9. The number of para-hydroxylation sites is 1. The Kier molecular flexibility index (Phi) is 6.67. The molecular formula is C16H12BrClN4O3S. The normalized spacial score (nSPS) is 9.88. The molecule has 0 aliphatic heterocycles. The van der Waals surface area contributed by atoms with Crippen LogP contribution in [0.2, 0.25) is 5.02 Å². The number of nitrogens with one attached hydrogen (secondary N) is 2. The molecule has 3 aromatic rings. The van der Waals surface area contributed by atoms with Gasteiger partial charge >= 0.3 is 0 Å². The second-order valence-corrected chi connectivity index (χ2v) is 6.19. The monoisotopic (exact) mass is 454 g/mol. The molecule has 7 nitrogen and oxygen atoms in total. The van der Waals surface area contributed by atoms with Gasteiger partial charge in [-0.15, -0.1) is 28.3 Å². The molecule has 1 aromatic heterocycles. The Morgan fingerprint density at radius 2 is 1.85 bits per heavy atom. The van der Waals surface area contributed by atoms with E-state index in [0.717, 1.165) is 11.3 Å². The highest BCUT2D eigenvalue weighted by atomic mass is 79.9. The lowest BCUT2D eigenvalue weighted by Crippen LogP contribution is -2.29. The first kappa shape index (κ1) is 19.8. The molecule has 0 saturated heterocycles. The number of thiazole rings is 1. The Morgan fingerprint density at radius 1 is 1.15 bits per heavy atom. The van der Waals surface area contributed by atoms with Gasteiger partial charge in [0, 0.05) is 22.0 Å². The number of carbonyl (C=O) groups is 1. The lowest BCUT2D eigenvalue weighted by molar-refractivity contribution is -0.385. The van der Waals surface area contributed by atoms with E-state index < -0.39 is 10.8 Å². The standard InChI is InChI=1S/C16H11ClN4O3S.BrH/c17-11-7-5-10(6-8-11)13-9-25-16(18-13)20-19-15(22)12-3-1-2-4-14(12)21(23)24;/h1-9H,(H,18,20)(H,19,22);1H. The lowest BCUT2D eigenvalue weighted by atomic mass is 10.2. The molecule has 0 spiro atoms. The third-order valence-electron chi connectivity index (χ3n) is 3.27. The molecule has 0 unspecified atom stereocenters. The van der Waals surface area contributed by atoms with E-state index in [0.29, 0.717) is 10.2 Å². The molecule has 0 radical (unpaired) electrons. The maximum atomic E-state index is 12.1. The number of hydrogen-bond donors (Lipinski definition) is 2. The summed E-state index contributed by atoms with van der Waals surface area (Å²) in [5.41, 5.74) is 6.41. The molecule has 2 N–H and O–H groups in total. The molecule has 26 heavy (non-hydrogen) atoms. The van der Waals surface area contributed by atoms with Gasteiger partial charge in [0.15, 0.2) is 0 Å². The van der Waals surface area contributed by atoms with Gasteiger partial charge in [-0.25, -0.2) is 4.98 Å². The summed E-state index contributed by atoms with van der Waals surface area (Å²) < 4.78 is 0. The number of nitro groups is 1. The number of nitro benzene ring substituents is 1. The maximum absolute atomic E-state index is 12.1. The number of halogens is 2. The number of hydrogen-bond acceptors (Lipinski definition) is 6. The Morgan fingerprint density at radius 3 is 2.54 bits per heavy atom. The summed E-state index contributed by atoms with van der Waals surface area (Å²) >= 11 is 7.15. The number of nitrogens with zero attached hydrogens (tertiary/aromatic N) is 2. The van der Waals surface area contributed by atoms with Crippen LogP contribution in [-0.2, 0) is 0 Å². The van der Waals surface area contributed by atoms with Crippen molar-refractivity contribution in [3.8, 4) is 11.3 Å². The van der Waals surface area contributed by atoms with E-state index in [4.69, 9.17) is 11.6 Å². The van der Waals surface area contributed by atoms with Gasteiger partial charge in [0.2, 0.25) is 5.13 Å². The molecule has 134 valence electrons. The van der Waals surface area contributed by atoms with E-state index in [1.807, 2.05) is 17.5 Å². The predicted molar refractivity (Wildman–Crippen MR) is 107 cm³/mol. The van der Waals surface area contributed by atoms with Crippen molar-refractivity contribution in [2.45, 2.75) is 0 Å². The van der Waals surface area contributed by atoms with Crippen molar-refractivity contribution in [2.75, 3.05) is 5.43 Å². The first-order valence-corrected chi connectivity index (χ1v) is 8.31. The minimum atomic E-state index is -0.615. The van der Waals surface area contributed by atoms with Gasteiger partial charge in [0.1, 0.15) is 5.56 Å². The van der Waals surface area contributed by atoms with Crippen molar-refractivity contribution in [1.82, 2.24) is 10.4 Å². The van der Waals surface area contributed by atoms with Crippen molar-refractivity contribution in [3.63, 3.8) is 0 Å². The van der Waals surface area contributed by atoms with Gasteiger partial charge in [-0.1, -0.05) is 35.9 Å². The zero-order chi connectivity index (χ0) is 17.8. The topological polar surface area (TPSA) is 97.2 Å². The Hall–Kier alpha value is -2.49. The van der Waals surface area contributed by atoms with E-state index in [9.17, 15) is 14.9 Å². The first-order valence-electron chi connectivity index (χ1n) is 7.06. The van der Waals surface area contributed by atoms with E-state index in [1.165, 1.54) is 29.5 Å². The number of amides is 1. The average Bonchev–Trinajstić information content (AvgIpc) is 3.09. The van der Waals surface area contributed by atoms with E-state index in [1.54, 1.807) is 18.2 Å². The van der Waals surface area contributed by atoms with Crippen LogP contribution in [0, 0.1) is 10.1 Å². The van der Waals surface area contributed by atoms with Crippen molar-refractivity contribution in [3.05, 3.63) is 74.6 Å². The Bertz CT molecular complexity index is 933. The molecule has 3 rings (SSSR count). The highest BCUT2D eigenvalue weighted by Gasteiger charge is 2.19. The quantitative estimate of drug-likeness (QED) is 0.429. The summed E-state index contributed by atoms with van der Waals surface area (Å²) in [5.74, 6) is -0.615. The minimum Gasteiger partial charge on any atom is -0.273 e. The largest absolute Gasteiger partial charge is 0.282 e. The van der Waals surface area contributed by atoms with Crippen LogP contribution in [0.15, 0.2) is 53.9 Å². The number of anilines is 1. The van der Waals surface area contributed by atoms with E-state index >= 15 is 0 Å². The van der Waals surface area contributed by atoms with Gasteiger partial charge in [-0.2, -0.15) is 0 Å². The second-order valence-electron chi connectivity index (χ2n) is 4.90. The van der Waals surface area contributed by atoms with Crippen LogP contribution in [0.25, 0.3) is 11.3 Å². The molecule has 0 saturated carbocycles. The van der Waals surface area contributed by atoms with Gasteiger partial charge in [-0.05, 0) is 18.2 Å². The van der Waals surface area contributed by atoms with Crippen LogP contribution in [0.5, 0.6) is 0 Å². The van der Waals surface area contributed by atoms with Crippen LogP contribution in [-0.4, -0.2) is 15.8 Å². The number of benzene rings is 2. The van der Waals surface area contributed by atoms with Gasteiger partial charge in [-0.3, -0.25) is 25.8 Å². The lowest BCUT2D eigenvalue weighted by Gasteiger charge is -2.06. The fourth-order valence-electron chi connectivity index (χ4n) is 2.09. The molecule has 0 atom stereocenters. The zero-order valence-corrected chi connectivity index (χ0v) is 16.3. The van der Waals surface area contributed by atoms with Crippen molar-refractivity contribution < 1.29 is 9.72 Å². The molecule has 1 heterocycles. The smallest absolute Gasteiger partial charge is 0.273 e. The summed E-state index contributed by atoms with van der Waals surface area (Å²) in [6.07, 6.45) is 0. The SMILES string of the molecule is Br.O=C(NNc1nc(-c2ccc(Cl)cc2)cs1)c1ccccc1[N+](=O)[O-]. The number of hydrazine groups is 1. The van der Waals surface area contributed by atoms with Crippen molar-refractivity contribution in [2.24, 2.45) is 0 Å². The molecule has 0 bridgehead atoms. The molecule has 10 heteroatoms. The average molecular weight is 456 g/mol. The Balaban J connectivity index is 0.00000243. The van der Waals surface area contributed by atoms with E-state index in [-0.39, 0.29) is 28.2 Å². The molecule has 2 aromatic carbocycles. The molecule has 0 fully saturated rings. The number of aromatic nitrogens is 1. The third-order valence-corrected chi connectivity index (χ3v) is 4.28. The molecular weight excluding hydrogens is 444 g/mol. The zero-order valence-electron chi connectivity index (χ0n) is 13.0. The van der Waals surface area contributed by atoms with E-state index in [2.05, 4.69) is 15.8 Å². The van der Waals surface area contributed by atoms with Gasteiger partial charge in [0.25, 0.3) is 11.6 Å². The predicted octanol–water partition coefficient (Wildman–Crippen LogP) is 4.71.